The Labute approximate surface area is 120 Å². The highest BCUT2D eigenvalue weighted by Gasteiger charge is 2.33. The largest absolute Gasteiger partial charge is 0.331 e. The van der Waals surface area contributed by atoms with E-state index in [1.807, 2.05) is 17.0 Å². The molecule has 2 aromatic heterocycles. The van der Waals surface area contributed by atoms with E-state index in [-0.39, 0.29) is 5.91 Å². The van der Waals surface area contributed by atoms with E-state index in [0.29, 0.717) is 21.8 Å². The second kappa shape index (κ2) is 5.31. The summed E-state index contributed by atoms with van der Waals surface area (Å²) in [5, 5.41) is 0. The number of aromatic nitrogens is 1. The number of pyridine rings is 1. The van der Waals surface area contributed by atoms with Gasteiger partial charge in [0.25, 0.3) is 5.91 Å². The molecule has 1 aliphatic carbocycles. The second-order valence-electron chi connectivity index (χ2n) is 4.62. The maximum Gasteiger partial charge on any atom is 0.264 e. The van der Waals surface area contributed by atoms with Crippen LogP contribution in [-0.4, -0.2) is 21.8 Å². The lowest BCUT2D eigenvalue weighted by Crippen LogP contribution is -2.32. The molecule has 0 spiro atoms. The number of hydrogen-bond acceptors (Lipinski definition) is 3. The van der Waals surface area contributed by atoms with E-state index in [9.17, 15) is 4.79 Å². The minimum Gasteiger partial charge on any atom is -0.331 e. The molecule has 1 amide bonds. The third-order valence-electron chi connectivity index (χ3n) is 3.13. The van der Waals surface area contributed by atoms with Gasteiger partial charge >= 0.3 is 0 Å². The average Bonchev–Trinajstić information content (AvgIpc) is 3.18. The zero-order valence-corrected chi connectivity index (χ0v) is 11.8. The molecule has 0 radical (unpaired) electrons. The normalized spacial score (nSPS) is 14.4. The summed E-state index contributed by atoms with van der Waals surface area (Å²) < 4.78 is 0.656. The Kier molecular flexibility index (Phi) is 3.53. The Bertz CT molecular complexity index is 580. The third-order valence-corrected chi connectivity index (χ3v) is 4.35. The van der Waals surface area contributed by atoms with E-state index >= 15 is 0 Å². The first-order valence-corrected chi connectivity index (χ1v) is 7.38. The van der Waals surface area contributed by atoms with Crippen molar-refractivity contribution in [2.75, 3.05) is 0 Å². The number of nitrogens with zero attached hydrogens (tertiary/aromatic N) is 2. The molecule has 1 fully saturated rings. The van der Waals surface area contributed by atoms with Crippen LogP contribution in [0.5, 0.6) is 0 Å². The maximum atomic E-state index is 12.5. The van der Waals surface area contributed by atoms with Crippen molar-refractivity contribution in [2.24, 2.45) is 0 Å². The van der Waals surface area contributed by atoms with Gasteiger partial charge in [0, 0.05) is 25.0 Å². The highest BCUT2D eigenvalue weighted by atomic mass is 35.5. The summed E-state index contributed by atoms with van der Waals surface area (Å²) in [6, 6.07) is 7.85. The van der Waals surface area contributed by atoms with Gasteiger partial charge < -0.3 is 4.90 Å². The van der Waals surface area contributed by atoms with Gasteiger partial charge in [-0.15, -0.1) is 11.3 Å². The van der Waals surface area contributed by atoms with Crippen LogP contribution in [0.4, 0.5) is 0 Å². The molecule has 5 heteroatoms. The molecule has 3 rings (SSSR count). The lowest BCUT2D eigenvalue weighted by atomic mass is 10.2. The number of halogens is 1. The van der Waals surface area contributed by atoms with Gasteiger partial charge in [0.2, 0.25) is 0 Å². The molecule has 19 heavy (non-hydrogen) atoms. The van der Waals surface area contributed by atoms with Crippen LogP contribution in [-0.2, 0) is 6.54 Å². The van der Waals surface area contributed by atoms with Crippen LogP contribution < -0.4 is 0 Å². The smallest absolute Gasteiger partial charge is 0.264 e. The van der Waals surface area contributed by atoms with Crippen LogP contribution in [0.25, 0.3) is 0 Å². The quantitative estimate of drug-likeness (QED) is 0.862. The van der Waals surface area contributed by atoms with Gasteiger partial charge in [-0.2, -0.15) is 0 Å². The first-order chi connectivity index (χ1) is 9.24. The maximum absolute atomic E-state index is 12.5. The minimum absolute atomic E-state index is 0.0798. The van der Waals surface area contributed by atoms with Crippen molar-refractivity contribution >= 4 is 28.8 Å². The predicted molar refractivity (Wildman–Crippen MR) is 76.5 cm³/mol. The Morgan fingerprint density at radius 2 is 2.05 bits per heavy atom. The Balaban J connectivity index is 1.79. The summed E-state index contributed by atoms with van der Waals surface area (Å²) in [5.41, 5.74) is 1.11. The summed E-state index contributed by atoms with van der Waals surface area (Å²) in [4.78, 5) is 19.2. The predicted octanol–water partition coefficient (Wildman–Crippen LogP) is 3.60. The van der Waals surface area contributed by atoms with E-state index in [2.05, 4.69) is 4.98 Å². The second-order valence-corrected chi connectivity index (χ2v) is 6.34. The lowest BCUT2D eigenvalue weighted by molar-refractivity contribution is 0.0735. The van der Waals surface area contributed by atoms with Gasteiger partial charge in [-0.1, -0.05) is 11.6 Å². The Morgan fingerprint density at radius 3 is 2.63 bits per heavy atom. The number of hydrogen-bond donors (Lipinski definition) is 0. The van der Waals surface area contributed by atoms with Crippen LogP contribution in [0.1, 0.15) is 28.1 Å². The van der Waals surface area contributed by atoms with E-state index < -0.39 is 0 Å². The van der Waals surface area contributed by atoms with Gasteiger partial charge in [-0.25, -0.2) is 0 Å². The molecule has 1 saturated carbocycles. The Hall–Kier alpha value is -1.39. The van der Waals surface area contributed by atoms with Crippen molar-refractivity contribution in [3.8, 4) is 0 Å². The summed E-state index contributed by atoms with van der Waals surface area (Å²) in [7, 11) is 0. The van der Waals surface area contributed by atoms with Crippen LogP contribution in [0.15, 0.2) is 36.7 Å². The number of carbonyl (C=O) groups excluding carboxylic acids is 1. The van der Waals surface area contributed by atoms with Crippen molar-refractivity contribution in [3.05, 3.63) is 51.4 Å². The summed E-state index contributed by atoms with van der Waals surface area (Å²) in [6.45, 7) is 0.640. The molecule has 3 nitrogen and oxygen atoms in total. The zero-order valence-electron chi connectivity index (χ0n) is 10.3. The Morgan fingerprint density at radius 1 is 1.32 bits per heavy atom. The molecule has 0 atom stereocenters. The monoisotopic (exact) mass is 292 g/mol. The van der Waals surface area contributed by atoms with Crippen molar-refractivity contribution in [3.63, 3.8) is 0 Å². The molecule has 0 aromatic carbocycles. The fourth-order valence-electron chi connectivity index (χ4n) is 2.01. The summed E-state index contributed by atoms with van der Waals surface area (Å²) in [5.74, 6) is 0.0798. The van der Waals surface area contributed by atoms with Crippen molar-refractivity contribution in [1.29, 1.82) is 0 Å². The number of rotatable bonds is 4. The first kappa shape index (κ1) is 12.6. The molecule has 0 bridgehead atoms. The molecule has 0 unspecified atom stereocenters. The first-order valence-electron chi connectivity index (χ1n) is 6.19. The van der Waals surface area contributed by atoms with Gasteiger partial charge in [0.15, 0.2) is 0 Å². The van der Waals surface area contributed by atoms with Gasteiger partial charge in [-0.3, -0.25) is 9.78 Å². The average molecular weight is 293 g/mol. The molecular formula is C14H13ClN2OS. The number of thiophene rings is 1. The van der Waals surface area contributed by atoms with Gasteiger partial charge in [-0.05, 0) is 42.7 Å². The van der Waals surface area contributed by atoms with Crippen LogP contribution in [0.3, 0.4) is 0 Å². The van der Waals surface area contributed by atoms with Crippen molar-refractivity contribution in [1.82, 2.24) is 9.88 Å². The molecule has 98 valence electrons. The third kappa shape index (κ3) is 2.96. The standard InChI is InChI=1S/C14H13ClN2OS/c15-13-4-3-12(19-13)14(18)17(11-1-2-11)9-10-5-7-16-8-6-10/h3-8,11H,1-2,9H2. The molecule has 1 aliphatic rings. The summed E-state index contributed by atoms with van der Waals surface area (Å²) >= 11 is 7.25. The van der Waals surface area contributed by atoms with Crippen molar-refractivity contribution in [2.45, 2.75) is 25.4 Å². The van der Waals surface area contributed by atoms with Crippen LogP contribution >= 0.6 is 22.9 Å². The van der Waals surface area contributed by atoms with Crippen LogP contribution in [0.2, 0.25) is 4.34 Å². The summed E-state index contributed by atoms with van der Waals surface area (Å²) in [6.07, 6.45) is 5.70. The molecule has 2 aromatic rings. The fourth-order valence-corrected chi connectivity index (χ4v) is 3.01. The fraction of sp³-hybridized carbons (Fsp3) is 0.286. The van der Waals surface area contributed by atoms with E-state index in [1.54, 1.807) is 24.5 Å². The topological polar surface area (TPSA) is 33.2 Å². The highest BCUT2D eigenvalue weighted by Crippen LogP contribution is 2.31. The van der Waals surface area contributed by atoms with Crippen molar-refractivity contribution < 1.29 is 4.79 Å². The molecule has 0 aliphatic heterocycles. The number of carbonyl (C=O) groups is 1. The molecule has 2 heterocycles. The zero-order chi connectivity index (χ0) is 13.2. The molecule has 0 N–H and O–H groups in total. The SMILES string of the molecule is O=C(c1ccc(Cl)s1)N(Cc1ccncc1)C1CC1. The van der Waals surface area contributed by atoms with Gasteiger partial charge in [0.1, 0.15) is 0 Å². The molecule has 0 saturated heterocycles. The lowest BCUT2D eigenvalue weighted by Gasteiger charge is -2.21. The van der Waals surface area contributed by atoms with Crippen LogP contribution in [0, 0.1) is 0 Å². The van der Waals surface area contributed by atoms with E-state index in [4.69, 9.17) is 11.6 Å². The highest BCUT2D eigenvalue weighted by molar-refractivity contribution is 7.17. The van der Waals surface area contributed by atoms with Gasteiger partial charge in [0.05, 0.1) is 9.21 Å². The van der Waals surface area contributed by atoms with E-state index in [1.165, 1.54) is 11.3 Å². The van der Waals surface area contributed by atoms with E-state index in [0.717, 1.165) is 18.4 Å². The minimum atomic E-state index is 0.0798. The number of amides is 1. The molecular weight excluding hydrogens is 280 g/mol.